The van der Waals surface area contributed by atoms with E-state index in [0.717, 1.165) is 6.42 Å². The molecule has 0 aliphatic carbocycles. The Hall–Kier alpha value is -0.710. The lowest BCUT2D eigenvalue weighted by molar-refractivity contribution is -0.121. The van der Waals surface area contributed by atoms with Crippen LogP contribution in [0.2, 0.25) is 0 Å². The van der Waals surface area contributed by atoms with E-state index in [9.17, 15) is 13.6 Å². The Kier molecular flexibility index (Phi) is 5.60. The second kappa shape index (κ2) is 5.90. The second-order valence-corrected chi connectivity index (χ2v) is 3.81. The average molecular weight is 208 g/mol. The molecule has 0 bridgehead atoms. The van der Waals surface area contributed by atoms with Crippen LogP contribution in [0.3, 0.4) is 0 Å². The molecule has 14 heavy (non-hydrogen) atoms. The van der Waals surface area contributed by atoms with Gasteiger partial charge in [0, 0.05) is 5.54 Å². The zero-order chi connectivity index (χ0) is 11.2. The molecule has 84 valence electrons. The van der Waals surface area contributed by atoms with Gasteiger partial charge in [0.2, 0.25) is 5.91 Å². The third kappa shape index (κ3) is 6.77. The molecule has 0 rings (SSSR count). The summed E-state index contributed by atoms with van der Waals surface area (Å²) in [5, 5.41) is 5.10. The van der Waals surface area contributed by atoms with Gasteiger partial charge in [-0.15, -0.1) is 0 Å². The molecule has 0 aliphatic heterocycles. The summed E-state index contributed by atoms with van der Waals surface area (Å²) >= 11 is 0. The van der Waals surface area contributed by atoms with Gasteiger partial charge in [-0.2, -0.15) is 0 Å². The fraction of sp³-hybridized carbons (Fsp3) is 0.889. The molecule has 0 aromatic heterocycles. The zero-order valence-electron chi connectivity index (χ0n) is 8.86. The number of alkyl halides is 2. The van der Waals surface area contributed by atoms with Crippen molar-refractivity contribution in [2.75, 3.05) is 13.1 Å². The first kappa shape index (κ1) is 13.3. The zero-order valence-corrected chi connectivity index (χ0v) is 8.86. The number of carbonyl (C=O) groups excluding carboxylic acids is 1. The van der Waals surface area contributed by atoms with Gasteiger partial charge in [-0.1, -0.05) is 6.92 Å². The number of carbonyl (C=O) groups is 1. The van der Waals surface area contributed by atoms with Crippen molar-refractivity contribution in [1.82, 2.24) is 10.6 Å². The maximum atomic E-state index is 11.7. The number of hydrogen-bond acceptors (Lipinski definition) is 2. The van der Waals surface area contributed by atoms with E-state index in [1.165, 1.54) is 0 Å². The predicted octanol–water partition coefficient (Wildman–Crippen LogP) is 1.15. The number of hydrogen-bond donors (Lipinski definition) is 2. The topological polar surface area (TPSA) is 41.1 Å². The number of nitrogens with one attached hydrogen (secondary N) is 2. The molecule has 0 heterocycles. The molecule has 0 spiro atoms. The van der Waals surface area contributed by atoms with Crippen LogP contribution in [-0.2, 0) is 4.79 Å². The molecular weight excluding hydrogens is 190 g/mol. The molecule has 1 amide bonds. The van der Waals surface area contributed by atoms with Crippen molar-refractivity contribution < 1.29 is 13.6 Å². The Bertz CT molecular complexity index is 184. The van der Waals surface area contributed by atoms with Crippen molar-refractivity contribution >= 4 is 5.91 Å². The molecule has 0 aromatic rings. The summed E-state index contributed by atoms with van der Waals surface area (Å²) in [6.07, 6.45) is -1.62. The van der Waals surface area contributed by atoms with Crippen LogP contribution in [0, 0.1) is 0 Å². The molecule has 0 fully saturated rings. The highest BCUT2D eigenvalue weighted by Gasteiger charge is 2.17. The van der Waals surface area contributed by atoms with Crippen LogP contribution in [-0.4, -0.2) is 31.0 Å². The smallest absolute Gasteiger partial charge is 0.250 e. The third-order valence-electron chi connectivity index (χ3n) is 1.95. The van der Waals surface area contributed by atoms with Crippen LogP contribution in [0.1, 0.15) is 27.2 Å². The Labute approximate surface area is 83.3 Å². The average Bonchev–Trinajstić information content (AvgIpc) is 2.02. The summed E-state index contributed by atoms with van der Waals surface area (Å²) < 4.78 is 23.4. The summed E-state index contributed by atoms with van der Waals surface area (Å²) in [5.74, 6) is -0.252. The Morgan fingerprint density at radius 1 is 1.43 bits per heavy atom. The van der Waals surface area contributed by atoms with Gasteiger partial charge in [-0.3, -0.25) is 4.79 Å². The van der Waals surface area contributed by atoms with E-state index in [0.29, 0.717) is 0 Å². The lowest BCUT2D eigenvalue weighted by Crippen LogP contribution is -2.46. The molecule has 0 radical (unpaired) electrons. The number of rotatable bonds is 6. The largest absolute Gasteiger partial charge is 0.350 e. The monoisotopic (exact) mass is 208 g/mol. The summed E-state index contributed by atoms with van der Waals surface area (Å²) in [7, 11) is 0. The molecule has 3 nitrogen and oxygen atoms in total. The minimum atomic E-state index is -2.41. The van der Waals surface area contributed by atoms with E-state index in [-0.39, 0.29) is 18.0 Å². The van der Waals surface area contributed by atoms with Crippen LogP contribution in [0.25, 0.3) is 0 Å². The van der Waals surface area contributed by atoms with Gasteiger partial charge in [-0.25, -0.2) is 8.78 Å². The van der Waals surface area contributed by atoms with Gasteiger partial charge in [-0.05, 0) is 20.3 Å². The Balaban J connectivity index is 3.66. The standard InChI is InChI=1S/C9H18F2N2O/c1-4-9(2,3)13-8(14)6-12-5-7(10)11/h7,12H,4-6H2,1-3H3,(H,13,14). The van der Waals surface area contributed by atoms with Crippen molar-refractivity contribution in [2.24, 2.45) is 0 Å². The van der Waals surface area contributed by atoms with Gasteiger partial charge in [0.1, 0.15) is 0 Å². The summed E-state index contributed by atoms with van der Waals surface area (Å²) in [6, 6.07) is 0. The van der Waals surface area contributed by atoms with Gasteiger partial charge in [0.05, 0.1) is 13.1 Å². The predicted molar refractivity (Wildman–Crippen MR) is 51.4 cm³/mol. The first-order chi connectivity index (χ1) is 6.37. The minimum absolute atomic E-state index is 0.0617. The van der Waals surface area contributed by atoms with Crippen molar-refractivity contribution in [2.45, 2.75) is 39.2 Å². The first-order valence-electron chi connectivity index (χ1n) is 4.67. The van der Waals surface area contributed by atoms with Crippen molar-refractivity contribution in [3.05, 3.63) is 0 Å². The van der Waals surface area contributed by atoms with Gasteiger partial charge >= 0.3 is 0 Å². The highest BCUT2D eigenvalue weighted by atomic mass is 19.3. The summed E-state index contributed by atoms with van der Waals surface area (Å²) in [6.45, 7) is 5.22. The lowest BCUT2D eigenvalue weighted by Gasteiger charge is -2.24. The third-order valence-corrected chi connectivity index (χ3v) is 1.95. The lowest BCUT2D eigenvalue weighted by atomic mass is 10.0. The highest BCUT2D eigenvalue weighted by Crippen LogP contribution is 2.05. The van der Waals surface area contributed by atoms with Crippen LogP contribution < -0.4 is 10.6 Å². The molecule has 0 aliphatic rings. The highest BCUT2D eigenvalue weighted by molar-refractivity contribution is 5.78. The second-order valence-electron chi connectivity index (χ2n) is 3.81. The molecule has 5 heteroatoms. The molecule has 2 N–H and O–H groups in total. The van der Waals surface area contributed by atoms with Gasteiger partial charge in [0.15, 0.2) is 0 Å². The molecule has 0 saturated heterocycles. The molecule has 0 saturated carbocycles. The summed E-state index contributed by atoms with van der Waals surface area (Å²) in [5.41, 5.74) is -0.274. The SMILES string of the molecule is CCC(C)(C)NC(=O)CNCC(F)F. The number of amides is 1. The van der Waals surface area contributed by atoms with E-state index in [4.69, 9.17) is 0 Å². The molecule has 0 unspecified atom stereocenters. The Morgan fingerprint density at radius 2 is 2.00 bits per heavy atom. The quantitative estimate of drug-likeness (QED) is 0.687. The van der Waals surface area contributed by atoms with Crippen molar-refractivity contribution in [3.8, 4) is 0 Å². The summed E-state index contributed by atoms with van der Waals surface area (Å²) in [4.78, 5) is 11.2. The molecule has 0 atom stereocenters. The van der Waals surface area contributed by atoms with Gasteiger partial charge in [0.25, 0.3) is 6.43 Å². The van der Waals surface area contributed by atoms with Crippen molar-refractivity contribution in [1.29, 1.82) is 0 Å². The fourth-order valence-corrected chi connectivity index (χ4v) is 0.805. The molecule has 0 aromatic carbocycles. The first-order valence-corrected chi connectivity index (χ1v) is 4.67. The maximum absolute atomic E-state index is 11.7. The van der Waals surface area contributed by atoms with E-state index in [1.807, 2.05) is 20.8 Å². The molecular formula is C9H18F2N2O. The van der Waals surface area contributed by atoms with Crippen LogP contribution in [0.15, 0.2) is 0 Å². The maximum Gasteiger partial charge on any atom is 0.250 e. The number of halogens is 2. The fourth-order valence-electron chi connectivity index (χ4n) is 0.805. The van der Waals surface area contributed by atoms with Gasteiger partial charge < -0.3 is 10.6 Å². The Morgan fingerprint density at radius 3 is 2.43 bits per heavy atom. The normalized spacial score (nSPS) is 11.9. The van der Waals surface area contributed by atoms with E-state index in [2.05, 4.69) is 10.6 Å². The van der Waals surface area contributed by atoms with Crippen molar-refractivity contribution in [3.63, 3.8) is 0 Å². The van der Waals surface area contributed by atoms with E-state index < -0.39 is 13.0 Å². The van der Waals surface area contributed by atoms with Crippen LogP contribution in [0.5, 0.6) is 0 Å². The van der Waals surface area contributed by atoms with Crippen LogP contribution in [0.4, 0.5) is 8.78 Å². The van der Waals surface area contributed by atoms with Crippen LogP contribution >= 0.6 is 0 Å². The minimum Gasteiger partial charge on any atom is -0.350 e. The van der Waals surface area contributed by atoms with E-state index >= 15 is 0 Å². The van der Waals surface area contributed by atoms with E-state index in [1.54, 1.807) is 0 Å².